The van der Waals surface area contributed by atoms with Gasteiger partial charge in [-0.3, -0.25) is 4.79 Å². The predicted molar refractivity (Wildman–Crippen MR) is 133 cm³/mol. The Hall–Kier alpha value is -2.34. The maximum Gasteiger partial charge on any atom is 0.253 e. The summed E-state index contributed by atoms with van der Waals surface area (Å²) in [5, 5.41) is 5.73. The van der Waals surface area contributed by atoms with Gasteiger partial charge in [-0.15, -0.1) is 11.8 Å². The van der Waals surface area contributed by atoms with Crippen molar-refractivity contribution in [1.82, 2.24) is 10.2 Å². The predicted octanol–water partition coefficient (Wildman–Crippen LogP) is 5.32. The minimum atomic E-state index is -0.375. The van der Waals surface area contributed by atoms with Gasteiger partial charge in [0.1, 0.15) is 6.23 Å². The number of hydrogen-bond acceptors (Lipinski definition) is 4. The molecule has 0 heterocycles. The smallest absolute Gasteiger partial charge is 0.253 e. The van der Waals surface area contributed by atoms with Gasteiger partial charge in [0.15, 0.2) is 0 Å². The molecule has 1 atom stereocenters. The third kappa shape index (κ3) is 5.01. The van der Waals surface area contributed by atoms with Crippen molar-refractivity contribution in [2.45, 2.75) is 36.3 Å². The van der Waals surface area contributed by atoms with Gasteiger partial charge in [0.05, 0.1) is 6.61 Å². The number of carbonyl (C=O) groups excluding carboxylic acids is 1. The number of nitrogens with one attached hydrogen (secondary N) is 1. The van der Waals surface area contributed by atoms with Gasteiger partial charge in [0.25, 0.3) is 5.91 Å². The molecule has 0 saturated heterocycles. The number of fused-ring (bicyclic) bond motifs is 1. The van der Waals surface area contributed by atoms with Gasteiger partial charge in [-0.2, -0.15) is 0 Å². The topological polar surface area (TPSA) is 41.6 Å². The molecule has 1 aliphatic carbocycles. The summed E-state index contributed by atoms with van der Waals surface area (Å²) in [5.74, 6) is 0.938. The molecule has 1 fully saturated rings. The molecule has 0 radical (unpaired) electrons. The van der Waals surface area contributed by atoms with Crippen LogP contribution in [0, 0.1) is 0 Å². The Bertz CT molecular complexity index is 1060. The largest absolute Gasteiger partial charge is 0.356 e. The SMILES string of the molecule is CCSc1cc(C2(C(NC(=O)c3ccccc3)OCCN(C)C)CC2)c2ccccc2c1. The first-order chi connectivity index (χ1) is 15.5. The zero-order valence-corrected chi connectivity index (χ0v) is 20.0. The number of nitrogens with zero attached hydrogens (tertiary/aromatic N) is 1. The van der Waals surface area contributed by atoms with Crippen molar-refractivity contribution < 1.29 is 9.53 Å². The molecular weight excluding hydrogens is 416 g/mol. The molecule has 4 nitrogen and oxygen atoms in total. The summed E-state index contributed by atoms with van der Waals surface area (Å²) >= 11 is 1.86. The Morgan fingerprint density at radius 2 is 1.81 bits per heavy atom. The average Bonchev–Trinajstić information content (AvgIpc) is 3.60. The molecule has 1 unspecified atom stereocenters. The number of likely N-dealkylation sites (N-methyl/N-ethyl adjacent to an activating group) is 1. The van der Waals surface area contributed by atoms with Gasteiger partial charge >= 0.3 is 0 Å². The van der Waals surface area contributed by atoms with E-state index < -0.39 is 0 Å². The van der Waals surface area contributed by atoms with Crippen LogP contribution < -0.4 is 5.32 Å². The summed E-state index contributed by atoms with van der Waals surface area (Å²) < 4.78 is 6.40. The molecule has 3 aromatic carbocycles. The molecule has 168 valence electrons. The van der Waals surface area contributed by atoms with E-state index in [4.69, 9.17) is 4.74 Å². The third-order valence-electron chi connectivity index (χ3n) is 6.09. The molecule has 5 heteroatoms. The minimum Gasteiger partial charge on any atom is -0.356 e. The molecule has 0 spiro atoms. The summed E-state index contributed by atoms with van der Waals surface area (Å²) in [5.41, 5.74) is 1.74. The molecule has 32 heavy (non-hydrogen) atoms. The molecule has 1 amide bonds. The van der Waals surface area contributed by atoms with E-state index in [1.54, 1.807) is 0 Å². The third-order valence-corrected chi connectivity index (χ3v) is 6.95. The second-order valence-electron chi connectivity index (χ2n) is 8.67. The van der Waals surface area contributed by atoms with Crippen molar-refractivity contribution in [2.24, 2.45) is 0 Å². The number of benzene rings is 3. The molecular formula is C27H32N2O2S. The Morgan fingerprint density at radius 1 is 1.09 bits per heavy atom. The van der Waals surface area contributed by atoms with E-state index in [1.807, 2.05) is 56.2 Å². The number of thioether (sulfide) groups is 1. The molecule has 1 N–H and O–H groups in total. The van der Waals surface area contributed by atoms with E-state index >= 15 is 0 Å². The van der Waals surface area contributed by atoms with Crippen molar-refractivity contribution in [3.05, 3.63) is 77.9 Å². The first-order valence-electron chi connectivity index (χ1n) is 11.3. The molecule has 1 aliphatic rings. The van der Waals surface area contributed by atoms with Gasteiger partial charge in [-0.1, -0.05) is 49.4 Å². The lowest BCUT2D eigenvalue weighted by atomic mass is 9.89. The standard InChI is InChI=1S/C27H32N2O2S/c1-4-32-22-18-21-12-8-9-13-23(21)24(19-22)27(14-15-27)26(31-17-16-29(2)3)28-25(30)20-10-6-5-7-11-20/h5-13,18-19,26H,4,14-17H2,1-3H3,(H,28,30). The van der Waals surface area contributed by atoms with Crippen LogP contribution in [-0.4, -0.2) is 50.0 Å². The number of ether oxygens (including phenoxy) is 1. The van der Waals surface area contributed by atoms with Crippen LogP contribution in [0.4, 0.5) is 0 Å². The van der Waals surface area contributed by atoms with Crippen LogP contribution in [0.3, 0.4) is 0 Å². The molecule has 1 saturated carbocycles. The van der Waals surface area contributed by atoms with Crippen LogP contribution in [0.25, 0.3) is 10.8 Å². The summed E-state index contributed by atoms with van der Waals surface area (Å²) in [4.78, 5) is 16.5. The summed E-state index contributed by atoms with van der Waals surface area (Å²) in [6.45, 7) is 3.55. The van der Waals surface area contributed by atoms with Gasteiger partial charge < -0.3 is 15.0 Å². The molecule has 0 aromatic heterocycles. The monoisotopic (exact) mass is 448 g/mol. The Labute approximate surface area is 195 Å². The zero-order valence-electron chi connectivity index (χ0n) is 19.1. The summed E-state index contributed by atoms with van der Waals surface area (Å²) in [6.07, 6.45) is 1.62. The van der Waals surface area contributed by atoms with Crippen LogP contribution >= 0.6 is 11.8 Å². The van der Waals surface area contributed by atoms with Gasteiger partial charge in [0, 0.05) is 22.4 Å². The normalized spacial score (nSPS) is 15.6. The van der Waals surface area contributed by atoms with Gasteiger partial charge in [-0.25, -0.2) is 0 Å². The van der Waals surface area contributed by atoms with Crippen molar-refractivity contribution in [3.63, 3.8) is 0 Å². The van der Waals surface area contributed by atoms with E-state index in [2.05, 4.69) is 53.5 Å². The fourth-order valence-electron chi connectivity index (χ4n) is 4.24. The quantitative estimate of drug-likeness (QED) is 0.337. The lowest BCUT2D eigenvalue weighted by molar-refractivity contribution is -0.000605. The maximum absolute atomic E-state index is 13.1. The van der Waals surface area contributed by atoms with Crippen LogP contribution in [0.15, 0.2) is 71.6 Å². The van der Waals surface area contributed by atoms with Crippen LogP contribution in [0.1, 0.15) is 35.7 Å². The van der Waals surface area contributed by atoms with Crippen LogP contribution in [-0.2, 0) is 10.2 Å². The highest BCUT2D eigenvalue weighted by Gasteiger charge is 2.53. The first kappa shape index (κ1) is 22.8. The molecule has 0 bridgehead atoms. The fraction of sp³-hybridized carbons (Fsp3) is 0.370. The maximum atomic E-state index is 13.1. The van der Waals surface area contributed by atoms with Crippen molar-refractivity contribution >= 4 is 28.4 Å². The lowest BCUT2D eigenvalue weighted by Crippen LogP contribution is -2.46. The minimum absolute atomic E-state index is 0.0879. The van der Waals surface area contributed by atoms with Gasteiger partial charge in [0.2, 0.25) is 0 Å². The second kappa shape index (κ2) is 10.1. The summed E-state index contributed by atoms with van der Waals surface area (Å²) in [7, 11) is 4.07. The molecule has 3 aromatic rings. The Morgan fingerprint density at radius 3 is 2.50 bits per heavy atom. The van der Waals surface area contributed by atoms with E-state index in [1.165, 1.54) is 21.2 Å². The van der Waals surface area contributed by atoms with E-state index in [0.717, 1.165) is 25.1 Å². The van der Waals surface area contributed by atoms with Gasteiger partial charge in [-0.05, 0) is 73.3 Å². The average molecular weight is 449 g/mol. The highest BCUT2D eigenvalue weighted by molar-refractivity contribution is 7.99. The van der Waals surface area contributed by atoms with Crippen molar-refractivity contribution in [3.8, 4) is 0 Å². The zero-order chi connectivity index (χ0) is 22.6. The highest BCUT2D eigenvalue weighted by atomic mass is 32.2. The Balaban J connectivity index is 1.70. The number of hydrogen-bond donors (Lipinski definition) is 1. The van der Waals surface area contributed by atoms with Crippen molar-refractivity contribution in [2.75, 3.05) is 33.0 Å². The number of amides is 1. The van der Waals surface area contributed by atoms with E-state index in [9.17, 15) is 4.79 Å². The second-order valence-corrected chi connectivity index (χ2v) is 10.0. The first-order valence-corrected chi connectivity index (χ1v) is 12.3. The fourth-order valence-corrected chi connectivity index (χ4v) is 4.98. The molecule has 0 aliphatic heterocycles. The lowest BCUT2D eigenvalue weighted by Gasteiger charge is -2.30. The van der Waals surface area contributed by atoms with E-state index in [0.29, 0.717) is 12.2 Å². The van der Waals surface area contributed by atoms with Crippen molar-refractivity contribution in [1.29, 1.82) is 0 Å². The highest BCUT2D eigenvalue weighted by Crippen LogP contribution is 2.54. The van der Waals surface area contributed by atoms with Crippen LogP contribution in [0.2, 0.25) is 0 Å². The van der Waals surface area contributed by atoms with E-state index in [-0.39, 0.29) is 17.6 Å². The Kier molecular flexibility index (Phi) is 7.19. The number of rotatable bonds is 10. The molecule has 4 rings (SSSR count). The number of carbonyl (C=O) groups is 1. The van der Waals surface area contributed by atoms with Crippen LogP contribution in [0.5, 0.6) is 0 Å². The summed E-state index contributed by atoms with van der Waals surface area (Å²) in [6, 6.07) is 22.6.